The van der Waals surface area contributed by atoms with Crippen LogP contribution in [0.25, 0.3) is 0 Å². The molecule has 1 rings (SSSR count). The summed E-state index contributed by atoms with van der Waals surface area (Å²) in [5, 5.41) is 16.6. The number of carbonyl (C=O) groups is 2. The highest BCUT2D eigenvalue weighted by Gasteiger charge is 2.52. The summed E-state index contributed by atoms with van der Waals surface area (Å²) in [4.78, 5) is 20.6. The Balaban J connectivity index is 3.40. The van der Waals surface area contributed by atoms with Gasteiger partial charge in [0.25, 0.3) is 5.67 Å². The first-order chi connectivity index (χ1) is 7.21. The lowest BCUT2D eigenvalue weighted by Crippen LogP contribution is -2.38. The summed E-state index contributed by atoms with van der Waals surface area (Å²) >= 11 is 0. The number of halogens is 4. The van der Waals surface area contributed by atoms with Gasteiger partial charge in [0.2, 0.25) is 0 Å². The largest absolute Gasteiger partial charge is 0.479 e. The number of hydrogen-bond donors (Lipinski definition) is 2. The number of allylic oxidation sites excluding steroid dienone is 1. The number of carboxylic acids is 2. The van der Waals surface area contributed by atoms with Crippen LogP contribution >= 0.6 is 0 Å². The van der Waals surface area contributed by atoms with Crippen molar-refractivity contribution in [3.8, 4) is 0 Å². The second-order valence-corrected chi connectivity index (χ2v) is 3.00. The molecular weight excluding hydrogens is 236 g/mol. The van der Waals surface area contributed by atoms with Gasteiger partial charge in [-0.3, -0.25) is 0 Å². The Kier molecular flexibility index (Phi) is 2.76. The lowest BCUT2D eigenvalue weighted by atomic mass is 9.90. The Morgan fingerprint density at radius 3 is 2.06 bits per heavy atom. The van der Waals surface area contributed by atoms with Gasteiger partial charge in [-0.05, 0) is 0 Å². The zero-order valence-electron chi connectivity index (χ0n) is 7.43. The van der Waals surface area contributed by atoms with Crippen LogP contribution in [0.3, 0.4) is 0 Å². The van der Waals surface area contributed by atoms with E-state index in [0.29, 0.717) is 0 Å². The van der Waals surface area contributed by atoms with Gasteiger partial charge in [-0.15, -0.1) is 0 Å². The second-order valence-electron chi connectivity index (χ2n) is 3.00. The maximum atomic E-state index is 13.3. The molecule has 1 atom stereocenters. The van der Waals surface area contributed by atoms with E-state index in [0.717, 1.165) is 0 Å². The molecule has 0 bridgehead atoms. The summed E-state index contributed by atoms with van der Waals surface area (Å²) in [5.41, 5.74) is -5.58. The molecule has 0 fully saturated rings. The van der Waals surface area contributed by atoms with Gasteiger partial charge in [-0.25, -0.2) is 27.2 Å². The summed E-state index contributed by atoms with van der Waals surface area (Å²) in [6.07, 6.45) is -1.69. The fourth-order valence-electron chi connectivity index (χ4n) is 1.16. The zero-order valence-corrected chi connectivity index (χ0v) is 7.43. The summed E-state index contributed by atoms with van der Waals surface area (Å²) in [6, 6.07) is 0. The molecule has 1 aliphatic rings. The topological polar surface area (TPSA) is 74.6 Å². The van der Waals surface area contributed by atoms with Crippen molar-refractivity contribution in [1.29, 1.82) is 0 Å². The van der Waals surface area contributed by atoms with Crippen molar-refractivity contribution >= 4 is 11.9 Å². The highest BCUT2D eigenvalue weighted by molar-refractivity contribution is 5.94. The first kappa shape index (κ1) is 12.2. The summed E-state index contributed by atoms with van der Waals surface area (Å²) in [7, 11) is 0. The molecule has 0 spiro atoms. The van der Waals surface area contributed by atoms with E-state index in [2.05, 4.69) is 0 Å². The Bertz CT molecular complexity index is 439. The number of aliphatic carboxylic acids is 2. The smallest absolute Gasteiger partial charge is 0.349 e. The highest BCUT2D eigenvalue weighted by Crippen LogP contribution is 2.42. The number of rotatable bonds is 2. The lowest BCUT2D eigenvalue weighted by Gasteiger charge is -2.22. The third-order valence-electron chi connectivity index (χ3n) is 1.98. The van der Waals surface area contributed by atoms with E-state index in [1.807, 2.05) is 0 Å². The van der Waals surface area contributed by atoms with Gasteiger partial charge in [0.1, 0.15) is 11.4 Å². The number of hydrogen-bond acceptors (Lipinski definition) is 2. The molecule has 0 aromatic heterocycles. The van der Waals surface area contributed by atoms with Crippen LogP contribution in [0.4, 0.5) is 17.6 Å². The minimum atomic E-state index is -3.90. The molecular formula is C8H4F4O4. The summed E-state index contributed by atoms with van der Waals surface area (Å²) in [6.45, 7) is 0. The van der Waals surface area contributed by atoms with Crippen LogP contribution in [0.2, 0.25) is 0 Å². The molecule has 0 saturated heterocycles. The van der Waals surface area contributed by atoms with Crippen LogP contribution in [0.5, 0.6) is 0 Å². The van der Waals surface area contributed by atoms with Gasteiger partial charge in [0.05, 0.1) is 6.42 Å². The van der Waals surface area contributed by atoms with Gasteiger partial charge in [-0.2, -0.15) is 0 Å². The minimum absolute atomic E-state index is 1.69. The molecule has 0 heterocycles. The summed E-state index contributed by atoms with van der Waals surface area (Å²) < 4.78 is 52.1. The molecule has 0 aromatic rings. The van der Waals surface area contributed by atoms with Crippen LogP contribution < -0.4 is 0 Å². The predicted octanol–water partition coefficient (Wildman–Crippen LogP) is 1.64. The predicted molar refractivity (Wildman–Crippen MR) is 41.1 cm³/mol. The average molecular weight is 240 g/mol. The average Bonchev–Trinajstić information content (AvgIpc) is 2.13. The van der Waals surface area contributed by atoms with E-state index in [9.17, 15) is 27.2 Å². The van der Waals surface area contributed by atoms with E-state index >= 15 is 0 Å². The van der Waals surface area contributed by atoms with Crippen LogP contribution in [0, 0.1) is 0 Å². The van der Waals surface area contributed by atoms with Crippen molar-refractivity contribution in [2.45, 2.75) is 12.1 Å². The van der Waals surface area contributed by atoms with Crippen molar-refractivity contribution in [2.75, 3.05) is 0 Å². The summed E-state index contributed by atoms with van der Waals surface area (Å²) in [5.74, 6) is -11.2. The van der Waals surface area contributed by atoms with Crippen LogP contribution in [0.1, 0.15) is 6.42 Å². The van der Waals surface area contributed by atoms with Crippen molar-refractivity contribution in [1.82, 2.24) is 0 Å². The van der Waals surface area contributed by atoms with E-state index in [4.69, 9.17) is 10.2 Å². The van der Waals surface area contributed by atoms with E-state index in [-0.39, 0.29) is 0 Å². The molecule has 88 valence electrons. The van der Waals surface area contributed by atoms with Gasteiger partial charge in [-0.1, -0.05) is 0 Å². The molecule has 16 heavy (non-hydrogen) atoms. The van der Waals surface area contributed by atoms with Crippen molar-refractivity contribution < 1.29 is 37.4 Å². The van der Waals surface area contributed by atoms with Gasteiger partial charge >= 0.3 is 11.9 Å². The monoisotopic (exact) mass is 240 g/mol. The minimum Gasteiger partial charge on any atom is -0.479 e. The Labute approximate surface area is 85.5 Å². The molecule has 0 saturated carbocycles. The second kappa shape index (κ2) is 3.62. The third-order valence-corrected chi connectivity index (χ3v) is 1.98. The van der Waals surface area contributed by atoms with E-state index < -0.39 is 47.1 Å². The van der Waals surface area contributed by atoms with E-state index in [1.54, 1.807) is 0 Å². The van der Waals surface area contributed by atoms with Crippen LogP contribution in [-0.4, -0.2) is 27.8 Å². The molecule has 8 heteroatoms. The SMILES string of the molecule is O=C(O)C1=C(F)CC(F)(C(=O)O)C(F)=C1F. The lowest BCUT2D eigenvalue weighted by molar-refractivity contribution is -0.150. The maximum Gasteiger partial charge on any atom is 0.349 e. The molecule has 0 radical (unpaired) electrons. The number of alkyl halides is 1. The first-order valence-electron chi connectivity index (χ1n) is 3.82. The number of carboxylic acid groups (broad SMARTS) is 2. The van der Waals surface area contributed by atoms with Crippen LogP contribution in [0.15, 0.2) is 23.1 Å². The normalized spacial score (nSPS) is 26.0. The Morgan fingerprint density at radius 2 is 1.69 bits per heavy atom. The fraction of sp³-hybridized carbons (Fsp3) is 0.250. The molecule has 2 N–H and O–H groups in total. The standard InChI is InChI=1S/C8H4F4O4/c9-2-1-8(12,7(15)16)5(11)4(10)3(2)6(13)14/h1H2,(H,13,14)(H,15,16). The van der Waals surface area contributed by atoms with E-state index in [1.165, 1.54) is 0 Å². The third kappa shape index (κ3) is 1.55. The fourth-order valence-corrected chi connectivity index (χ4v) is 1.16. The van der Waals surface area contributed by atoms with Crippen molar-refractivity contribution in [2.24, 2.45) is 0 Å². The zero-order chi connectivity index (χ0) is 12.7. The molecule has 1 aliphatic carbocycles. The highest BCUT2D eigenvalue weighted by atomic mass is 19.2. The van der Waals surface area contributed by atoms with Crippen molar-refractivity contribution in [3.05, 3.63) is 23.1 Å². The van der Waals surface area contributed by atoms with Crippen molar-refractivity contribution in [3.63, 3.8) is 0 Å². The molecule has 4 nitrogen and oxygen atoms in total. The Morgan fingerprint density at radius 1 is 1.19 bits per heavy atom. The molecule has 0 amide bonds. The van der Waals surface area contributed by atoms with Gasteiger partial charge in [0.15, 0.2) is 11.7 Å². The molecule has 1 unspecified atom stereocenters. The first-order valence-corrected chi connectivity index (χ1v) is 3.82. The van der Waals surface area contributed by atoms with Gasteiger partial charge < -0.3 is 10.2 Å². The molecule has 0 aliphatic heterocycles. The quantitative estimate of drug-likeness (QED) is 0.719. The molecule has 0 aromatic carbocycles. The maximum absolute atomic E-state index is 13.3. The Hall–Kier alpha value is -1.86. The van der Waals surface area contributed by atoms with Crippen LogP contribution in [-0.2, 0) is 9.59 Å². The van der Waals surface area contributed by atoms with Gasteiger partial charge in [0, 0.05) is 0 Å².